The van der Waals surface area contributed by atoms with E-state index in [1.807, 2.05) is 0 Å². The maximum absolute atomic E-state index is 11.4. The Morgan fingerprint density at radius 3 is 2.91 bits per heavy atom. The summed E-state index contributed by atoms with van der Waals surface area (Å²) >= 11 is 0. The Balaban J connectivity index is 2.13. The number of hydrogen-bond acceptors (Lipinski definition) is 1. The standard InChI is InChI=1S/C10H14O/c11-10-7-3-5-8-4-1-2-6-9(8)10/h1-2,8-9H,3-7H2. The van der Waals surface area contributed by atoms with Gasteiger partial charge in [-0.1, -0.05) is 12.2 Å². The lowest BCUT2D eigenvalue weighted by atomic mass is 9.73. The van der Waals surface area contributed by atoms with Crippen molar-refractivity contribution in [2.24, 2.45) is 11.8 Å². The van der Waals surface area contributed by atoms with Crippen LogP contribution in [0.25, 0.3) is 0 Å². The van der Waals surface area contributed by atoms with E-state index in [0.29, 0.717) is 17.6 Å². The molecule has 0 aromatic rings. The number of Topliss-reactive ketones (excluding diaryl/α,β-unsaturated/α-hetero) is 1. The number of allylic oxidation sites excluding steroid dienone is 2. The van der Waals surface area contributed by atoms with Crippen LogP contribution in [0.2, 0.25) is 0 Å². The van der Waals surface area contributed by atoms with Crippen LogP contribution in [0.1, 0.15) is 32.1 Å². The molecule has 2 aliphatic rings. The van der Waals surface area contributed by atoms with E-state index in [9.17, 15) is 4.79 Å². The molecule has 2 unspecified atom stereocenters. The van der Waals surface area contributed by atoms with E-state index < -0.39 is 0 Å². The number of hydrogen-bond donors (Lipinski definition) is 0. The summed E-state index contributed by atoms with van der Waals surface area (Å²) in [5.74, 6) is 1.61. The fraction of sp³-hybridized carbons (Fsp3) is 0.700. The van der Waals surface area contributed by atoms with Gasteiger partial charge in [0.15, 0.2) is 0 Å². The zero-order chi connectivity index (χ0) is 7.68. The molecule has 0 aromatic heterocycles. The Hall–Kier alpha value is -0.590. The Kier molecular flexibility index (Phi) is 1.80. The number of carbonyl (C=O) groups excluding carboxylic acids is 1. The molecular formula is C10H14O. The highest BCUT2D eigenvalue weighted by molar-refractivity contribution is 5.82. The van der Waals surface area contributed by atoms with E-state index in [2.05, 4.69) is 12.2 Å². The maximum atomic E-state index is 11.4. The van der Waals surface area contributed by atoms with Gasteiger partial charge in [0.1, 0.15) is 5.78 Å². The average Bonchev–Trinajstić information content (AvgIpc) is 2.06. The molecule has 11 heavy (non-hydrogen) atoms. The highest BCUT2D eigenvalue weighted by Gasteiger charge is 2.31. The molecule has 1 fully saturated rings. The van der Waals surface area contributed by atoms with Crippen molar-refractivity contribution in [2.45, 2.75) is 32.1 Å². The maximum Gasteiger partial charge on any atom is 0.136 e. The summed E-state index contributed by atoms with van der Waals surface area (Å²) in [6, 6.07) is 0. The van der Waals surface area contributed by atoms with Gasteiger partial charge < -0.3 is 0 Å². The highest BCUT2D eigenvalue weighted by Crippen LogP contribution is 2.35. The molecule has 0 aliphatic heterocycles. The van der Waals surface area contributed by atoms with Crippen LogP contribution in [-0.2, 0) is 4.79 Å². The van der Waals surface area contributed by atoms with E-state index in [4.69, 9.17) is 0 Å². The first kappa shape index (κ1) is 7.08. The summed E-state index contributed by atoms with van der Waals surface area (Å²) in [7, 11) is 0. The molecule has 1 nitrogen and oxygen atoms in total. The molecule has 60 valence electrons. The molecule has 0 spiro atoms. The van der Waals surface area contributed by atoms with Crippen LogP contribution in [0.3, 0.4) is 0 Å². The van der Waals surface area contributed by atoms with E-state index in [0.717, 1.165) is 25.7 Å². The third-order valence-corrected chi connectivity index (χ3v) is 2.98. The van der Waals surface area contributed by atoms with Crippen molar-refractivity contribution in [3.63, 3.8) is 0 Å². The van der Waals surface area contributed by atoms with Crippen molar-refractivity contribution in [3.8, 4) is 0 Å². The predicted octanol–water partition coefficient (Wildman–Crippen LogP) is 2.32. The Labute approximate surface area is 67.5 Å². The minimum atomic E-state index is 0.397. The normalized spacial score (nSPS) is 36.9. The van der Waals surface area contributed by atoms with E-state index >= 15 is 0 Å². The van der Waals surface area contributed by atoms with Gasteiger partial charge in [0.25, 0.3) is 0 Å². The topological polar surface area (TPSA) is 17.1 Å². The SMILES string of the molecule is O=C1CCCC2CC=CCC12. The molecule has 2 aliphatic carbocycles. The Bertz CT molecular complexity index is 193. The fourth-order valence-electron chi connectivity index (χ4n) is 2.31. The highest BCUT2D eigenvalue weighted by atomic mass is 16.1. The van der Waals surface area contributed by atoms with Crippen LogP contribution in [0, 0.1) is 11.8 Å². The second-order valence-electron chi connectivity index (χ2n) is 3.67. The zero-order valence-electron chi connectivity index (χ0n) is 6.75. The first-order valence-electron chi connectivity index (χ1n) is 4.55. The van der Waals surface area contributed by atoms with Gasteiger partial charge >= 0.3 is 0 Å². The van der Waals surface area contributed by atoms with Gasteiger partial charge in [0.2, 0.25) is 0 Å². The lowest BCUT2D eigenvalue weighted by Gasteiger charge is -2.31. The Morgan fingerprint density at radius 1 is 1.27 bits per heavy atom. The molecule has 0 amide bonds. The lowest BCUT2D eigenvalue weighted by molar-refractivity contribution is -0.126. The summed E-state index contributed by atoms with van der Waals surface area (Å²) < 4.78 is 0. The molecule has 0 saturated heterocycles. The average molecular weight is 150 g/mol. The predicted molar refractivity (Wildman–Crippen MR) is 44.2 cm³/mol. The van der Waals surface area contributed by atoms with Crippen molar-refractivity contribution in [3.05, 3.63) is 12.2 Å². The lowest BCUT2D eigenvalue weighted by Crippen LogP contribution is -2.29. The summed E-state index contributed by atoms with van der Waals surface area (Å²) in [6.07, 6.45) is 9.83. The van der Waals surface area contributed by atoms with Gasteiger partial charge in [-0.05, 0) is 31.6 Å². The summed E-state index contributed by atoms with van der Waals surface area (Å²) in [5, 5.41) is 0. The molecule has 0 bridgehead atoms. The van der Waals surface area contributed by atoms with Gasteiger partial charge in [-0.2, -0.15) is 0 Å². The zero-order valence-corrected chi connectivity index (χ0v) is 6.75. The largest absolute Gasteiger partial charge is 0.299 e. The number of rotatable bonds is 0. The molecule has 1 saturated carbocycles. The fourth-order valence-corrected chi connectivity index (χ4v) is 2.31. The number of ketones is 1. The molecule has 0 N–H and O–H groups in total. The summed E-state index contributed by atoms with van der Waals surface area (Å²) in [5.41, 5.74) is 0. The first-order chi connectivity index (χ1) is 5.38. The minimum absolute atomic E-state index is 0.397. The van der Waals surface area contributed by atoms with Crippen LogP contribution >= 0.6 is 0 Å². The molecule has 2 atom stereocenters. The molecular weight excluding hydrogens is 136 g/mol. The smallest absolute Gasteiger partial charge is 0.136 e. The molecule has 1 heteroatoms. The summed E-state index contributed by atoms with van der Waals surface area (Å²) in [6.45, 7) is 0. The molecule has 0 aromatic carbocycles. The van der Waals surface area contributed by atoms with Crippen molar-refractivity contribution in [1.29, 1.82) is 0 Å². The second kappa shape index (κ2) is 2.80. The monoisotopic (exact) mass is 150 g/mol. The van der Waals surface area contributed by atoms with Gasteiger partial charge in [0.05, 0.1) is 0 Å². The molecule has 0 heterocycles. The Morgan fingerprint density at radius 2 is 2.09 bits per heavy atom. The van der Waals surface area contributed by atoms with Crippen molar-refractivity contribution in [2.75, 3.05) is 0 Å². The van der Waals surface area contributed by atoms with Crippen molar-refractivity contribution < 1.29 is 4.79 Å². The second-order valence-corrected chi connectivity index (χ2v) is 3.67. The van der Waals surface area contributed by atoms with Gasteiger partial charge in [-0.3, -0.25) is 4.79 Å². The van der Waals surface area contributed by atoms with Crippen LogP contribution < -0.4 is 0 Å². The van der Waals surface area contributed by atoms with E-state index in [1.165, 1.54) is 6.42 Å². The molecule has 0 radical (unpaired) electrons. The third-order valence-electron chi connectivity index (χ3n) is 2.98. The van der Waals surface area contributed by atoms with Crippen LogP contribution in [0.15, 0.2) is 12.2 Å². The van der Waals surface area contributed by atoms with Crippen LogP contribution in [0.5, 0.6) is 0 Å². The minimum Gasteiger partial charge on any atom is -0.299 e. The quantitative estimate of drug-likeness (QED) is 0.484. The number of carbonyl (C=O) groups is 1. The summed E-state index contributed by atoms with van der Waals surface area (Å²) in [4.78, 5) is 11.4. The van der Waals surface area contributed by atoms with Gasteiger partial charge in [-0.25, -0.2) is 0 Å². The van der Waals surface area contributed by atoms with Gasteiger partial charge in [0, 0.05) is 12.3 Å². The molecule has 2 rings (SSSR count). The van der Waals surface area contributed by atoms with Crippen LogP contribution in [-0.4, -0.2) is 5.78 Å². The van der Waals surface area contributed by atoms with E-state index in [-0.39, 0.29) is 0 Å². The number of fused-ring (bicyclic) bond motifs is 1. The third kappa shape index (κ3) is 1.24. The van der Waals surface area contributed by atoms with E-state index in [1.54, 1.807) is 0 Å². The van der Waals surface area contributed by atoms with Crippen molar-refractivity contribution in [1.82, 2.24) is 0 Å². The van der Waals surface area contributed by atoms with Gasteiger partial charge in [-0.15, -0.1) is 0 Å². The first-order valence-corrected chi connectivity index (χ1v) is 4.55. The van der Waals surface area contributed by atoms with Crippen molar-refractivity contribution >= 4 is 5.78 Å². The van der Waals surface area contributed by atoms with Crippen LogP contribution in [0.4, 0.5) is 0 Å².